The van der Waals surface area contributed by atoms with E-state index in [0.29, 0.717) is 22.6 Å². The van der Waals surface area contributed by atoms with Gasteiger partial charge in [0.25, 0.3) is 0 Å². The molecule has 0 unspecified atom stereocenters. The molecule has 2 heterocycles. The largest absolute Gasteiger partial charge is 0.356 e. The van der Waals surface area contributed by atoms with Gasteiger partial charge in [0.15, 0.2) is 5.44 Å². The summed E-state index contributed by atoms with van der Waals surface area (Å²) in [7, 11) is 0. The molecule has 2 fully saturated rings. The first-order valence-electron chi connectivity index (χ1n) is 7.86. The number of Topliss-reactive ketones (excluding diaryl/α,β-unsaturated/α-hetero) is 1. The summed E-state index contributed by atoms with van der Waals surface area (Å²) in [5, 5.41) is 0.398. The Morgan fingerprint density at radius 3 is 2.86 bits per heavy atom. The van der Waals surface area contributed by atoms with Gasteiger partial charge in [0.05, 0.1) is 6.10 Å². The van der Waals surface area contributed by atoms with Crippen LogP contribution >= 0.6 is 23.4 Å². The topological polar surface area (TPSA) is 39.2 Å². The number of halogens is 1. The Morgan fingerprint density at radius 2 is 2.18 bits per heavy atom. The van der Waals surface area contributed by atoms with Crippen LogP contribution in [0.3, 0.4) is 0 Å². The highest BCUT2D eigenvalue weighted by atomic mass is 35.5. The lowest BCUT2D eigenvalue weighted by atomic mass is 9.75. The van der Waals surface area contributed by atoms with Gasteiger partial charge in [0.2, 0.25) is 5.78 Å². The molecular weight excluding hydrogens is 318 g/mol. The van der Waals surface area contributed by atoms with E-state index in [-0.39, 0.29) is 16.6 Å². The van der Waals surface area contributed by atoms with Crippen molar-refractivity contribution < 1.29 is 9.53 Å². The Balaban J connectivity index is 1.80. The monoisotopic (exact) mass is 339 g/mol. The lowest BCUT2D eigenvalue weighted by molar-refractivity contribution is -0.0486. The van der Waals surface area contributed by atoms with Crippen LogP contribution in [0.4, 0.5) is 0 Å². The molecule has 5 heteroatoms. The molecule has 0 aromatic carbocycles. The molecule has 3 rings (SSSR count). The molecule has 0 amide bonds. The number of nitrogens with zero attached hydrogens (tertiary/aromatic N) is 1. The minimum absolute atomic E-state index is 0.00100. The van der Waals surface area contributed by atoms with Crippen LogP contribution in [-0.2, 0) is 4.74 Å². The van der Waals surface area contributed by atoms with Crippen LogP contribution in [0.15, 0.2) is 18.3 Å². The van der Waals surface area contributed by atoms with Crippen LogP contribution in [-0.4, -0.2) is 27.1 Å². The van der Waals surface area contributed by atoms with Crippen LogP contribution in [0.1, 0.15) is 50.4 Å². The Hall–Kier alpha value is -0.580. The van der Waals surface area contributed by atoms with Crippen LogP contribution < -0.4 is 0 Å². The van der Waals surface area contributed by atoms with Crippen molar-refractivity contribution in [1.29, 1.82) is 0 Å². The molecule has 3 nitrogen and oxygen atoms in total. The van der Waals surface area contributed by atoms with E-state index in [1.54, 1.807) is 23.9 Å². The summed E-state index contributed by atoms with van der Waals surface area (Å²) >= 11 is 7.45. The third-order valence-electron chi connectivity index (χ3n) is 4.88. The zero-order valence-electron chi connectivity index (χ0n) is 13.2. The molecule has 2 aliphatic rings. The van der Waals surface area contributed by atoms with Gasteiger partial charge in [0.1, 0.15) is 5.15 Å². The highest BCUT2D eigenvalue weighted by Crippen LogP contribution is 2.50. The molecule has 1 aliphatic carbocycles. The van der Waals surface area contributed by atoms with Crippen molar-refractivity contribution in [2.45, 2.75) is 56.3 Å². The molecule has 0 spiro atoms. The second-order valence-corrected chi connectivity index (χ2v) is 9.09. The molecule has 0 radical (unpaired) electrons. The predicted molar refractivity (Wildman–Crippen MR) is 90.4 cm³/mol. The Morgan fingerprint density at radius 1 is 1.41 bits per heavy atom. The van der Waals surface area contributed by atoms with Crippen LogP contribution in [0.5, 0.6) is 0 Å². The molecule has 1 aromatic heterocycles. The fourth-order valence-electron chi connectivity index (χ4n) is 3.60. The van der Waals surface area contributed by atoms with E-state index in [2.05, 4.69) is 25.8 Å². The predicted octanol–water partition coefficient (Wildman–Crippen LogP) is 4.59. The van der Waals surface area contributed by atoms with Gasteiger partial charge in [-0.3, -0.25) is 4.79 Å². The molecular formula is C17H22ClNO2S. The Labute approximate surface area is 141 Å². The van der Waals surface area contributed by atoms with Crippen molar-refractivity contribution in [1.82, 2.24) is 4.98 Å². The first-order valence-corrected chi connectivity index (χ1v) is 9.11. The average Bonchev–Trinajstić information content (AvgIpc) is 2.46. The molecule has 1 aliphatic heterocycles. The van der Waals surface area contributed by atoms with Gasteiger partial charge in [0, 0.05) is 16.5 Å². The van der Waals surface area contributed by atoms with E-state index in [4.69, 9.17) is 16.3 Å². The standard InChI is InChI=1S/C17H22ClNO2S/c1-10-4-6-12-13(8-10)21-16(22-17(12,2)3)15(20)11-5-7-14(18)19-9-11/h5,7,9-10,12-13,16H,4,6,8H2,1-3H3/t10-,12-,13-,16-/m1/s1. The number of hydrogen-bond donors (Lipinski definition) is 0. The van der Waals surface area contributed by atoms with Crippen LogP contribution in [0, 0.1) is 11.8 Å². The summed E-state index contributed by atoms with van der Waals surface area (Å²) in [5.74, 6) is 1.20. The third kappa shape index (κ3) is 3.19. The first kappa shape index (κ1) is 16.3. The number of ether oxygens (including phenoxy) is 1. The molecule has 1 aromatic rings. The summed E-state index contributed by atoms with van der Waals surface area (Å²) < 4.78 is 6.25. The van der Waals surface area contributed by atoms with E-state index in [1.807, 2.05) is 0 Å². The number of aromatic nitrogens is 1. The summed E-state index contributed by atoms with van der Waals surface area (Å²) in [5.41, 5.74) is 0.129. The quantitative estimate of drug-likeness (QED) is 0.583. The lowest BCUT2D eigenvalue weighted by Crippen LogP contribution is -2.50. The number of pyridine rings is 1. The van der Waals surface area contributed by atoms with Gasteiger partial charge in [-0.2, -0.15) is 0 Å². The third-order valence-corrected chi connectivity index (χ3v) is 6.56. The molecule has 1 saturated heterocycles. The van der Waals surface area contributed by atoms with E-state index in [1.165, 1.54) is 19.0 Å². The SMILES string of the molecule is C[C@@H]1CC[C@@H]2[C@@H](C1)O[C@@H](C(=O)c1ccc(Cl)nc1)SC2(C)C. The summed E-state index contributed by atoms with van der Waals surface area (Å²) in [4.78, 5) is 16.7. The maximum absolute atomic E-state index is 12.7. The van der Waals surface area contributed by atoms with Crippen LogP contribution in [0.25, 0.3) is 0 Å². The first-order chi connectivity index (χ1) is 10.4. The van der Waals surface area contributed by atoms with Gasteiger partial charge in [-0.25, -0.2) is 4.98 Å². The lowest BCUT2D eigenvalue weighted by Gasteiger charge is -2.49. The van der Waals surface area contributed by atoms with Crippen molar-refractivity contribution in [3.05, 3.63) is 29.0 Å². The van der Waals surface area contributed by atoms with Crippen molar-refractivity contribution in [2.24, 2.45) is 11.8 Å². The van der Waals surface area contributed by atoms with E-state index >= 15 is 0 Å². The second-order valence-electron chi connectivity index (χ2n) is 6.99. The van der Waals surface area contributed by atoms with Gasteiger partial charge in [-0.15, -0.1) is 11.8 Å². The molecule has 22 heavy (non-hydrogen) atoms. The zero-order chi connectivity index (χ0) is 15.9. The smallest absolute Gasteiger partial charge is 0.203 e. The number of hydrogen-bond acceptors (Lipinski definition) is 4. The van der Waals surface area contributed by atoms with Gasteiger partial charge in [-0.1, -0.05) is 38.8 Å². The molecule has 0 N–H and O–H groups in total. The number of ketones is 1. The normalized spacial score (nSPS) is 34.0. The zero-order valence-corrected chi connectivity index (χ0v) is 14.8. The number of carbonyl (C=O) groups excluding carboxylic acids is 1. The van der Waals surface area contributed by atoms with Gasteiger partial charge >= 0.3 is 0 Å². The number of rotatable bonds is 2. The maximum atomic E-state index is 12.7. The fourth-order valence-corrected chi connectivity index (χ4v) is 5.15. The minimum Gasteiger partial charge on any atom is -0.356 e. The van der Waals surface area contributed by atoms with Crippen molar-refractivity contribution in [3.63, 3.8) is 0 Å². The van der Waals surface area contributed by atoms with Crippen molar-refractivity contribution in [3.8, 4) is 0 Å². The van der Waals surface area contributed by atoms with E-state index in [9.17, 15) is 4.79 Å². The maximum Gasteiger partial charge on any atom is 0.203 e. The molecule has 0 bridgehead atoms. The summed E-state index contributed by atoms with van der Waals surface area (Å²) in [6.45, 7) is 6.76. The second kappa shape index (κ2) is 6.14. The fraction of sp³-hybridized carbons (Fsp3) is 0.647. The highest BCUT2D eigenvalue weighted by Gasteiger charge is 2.48. The van der Waals surface area contributed by atoms with Gasteiger partial charge < -0.3 is 4.74 Å². The summed E-state index contributed by atoms with van der Waals surface area (Å²) in [6, 6.07) is 3.38. The highest BCUT2D eigenvalue weighted by molar-refractivity contribution is 8.01. The van der Waals surface area contributed by atoms with E-state index in [0.717, 1.165) is 6.42 Å². The summed E-state index contributed by atoms with van der Waals surface area (Å²) in [6.07, 6.45) is 5.23. The number of fused-ring (bicyclic) bond motifs is 1. The van der Waals surface area contributed by atoms with Crippen molar-refractivity contribution >= 4 is 29.1 Å². The van der Waals surface area contributed by atoms with Crippen LogP contribution in [0.2, 0.25) is 5.15 Å². The van der Waals surface area contributed by atoms with Crippen molar-refractivity contribution in [2.75, 3.05) is 0 Å². The minimum atomic E-state index is -0.440. The Bertz CT molecular complexity index is 560. The number of thioether (sulfide) groups is 1. The average molecular weight is 340 g/mol. The molecule has 4 atom stereocenters. The Kier molecular flexibility index (Phi) is 4.54. The molecule has 1 saturated carbocycles. The van der Waals surface area contributed by atoms with Gasteiger partial charge in [-0.05, 0) is 36.8 Å². The number of carbonyl (C=O) groups is 1. The van der Waals surface area contributed by atoms with E-state index < -0.39 is 5.44 Å². The molecule has 120 valence electrons.